The average molecular weight is 383 g/mol. The molecule has 1 aliphatic carbocycles. The number of nitrogens with zero attached hydrogens (tertiary/aromatic N) is 3. The van der Waals surface area contributed by atoms with E-state index in [1.54, 1.807) is 4.57 Å². The van der Waals surface area contributed by atoms with Crippen LogP contribution < -0.4 is 15.4 Å². The summed E-state index contributed by atoms with van der Waals surface area (Å²) in [4.78, 5) is 23.9. The molecular formula is C16H16F3N5O3. The highest BCUT2D eigenvalue weighted by molar-refractivity contribution is 6.39. The average Bonchev–Trinajstić information content (AvgIpc) is 3.37. The van der Waals surface area contributed by atoms with E-state index in [0.717, 1.165) is 25.0 Å². The van der Waals surface area contributed by atoms with E-state index in [9.17, 15) is 22.8 Å². The van der Waals surface area contributed by atoms with E-state index in [1.165, 1.54) is 19.5 Å². The summed E-state index contributed by atoms with van der Waals surface area (Å²) in [5, 5.41) is 11.9. The Morgan fingerprint density at radius 2 is 2.04 bits per heavy atom. The maximum atomic E-state index is 13.2. The minimum atomic E-state index is -4.73. The van der Waals surface area contributed by atoms with Crippen LogP contribution in [0.1, 0.15) is 30.3 Å². The third-order valence-electron chi connectivity index (χ3n) is 3.98. The number of benzene rings is 1. The van der Waals surface area contributed by atoms with E-state index < -0.39 is 29.2 Å². The largest absolute Gasteiger partial charge is 0.497 e. The van der Waals surface area contributed by atoms with Gasteiger partial charge in [0.2, 0.25) is 0 Å². The van der Waals surface area contributed by atoms with Gasteiger partial charge < -0.3 is 19.9 Å². The molecule has 27 heavy (non-hydrogen) atoms. The van der Waals surface area contributed by atoms with Crippen LogP contribution in [-0.2, 0) is 22.3 Å². The van der Waals surface area contributed by atoms with Crippen molar-refractivity contribution in [1.82, 2.24) is 20.1 Å². The molecule has 1 fully saturated rings. The summed E-state index contributed by atoms with van der Waals surface area (Å²) in [5.41, 5.74) is -1.65. The van der Waals surface area contributed by atoms with Crippen LogP contribution in [-0.4, -0.2) is 33.7 Å². The number of anilines is 1. The number of halogens is 3. The first-order chi connectivity index (χ1) is 12.8. The number of amides is 2. The number of hydrogen-bond acceptors (Lipinski definition) is 5. The van der Waals surface area contributed by atoms with Gasteiger partial charge >= 0.3 is 18.0 Å². The summed E-state index contributed by atoms with van der Waals surface area (Å²) in [6, 6.07) is 3.30. The van der Waals surface area contributed by atoms with Gasteiger partial charge in [-0.25, -0.2) is 0 Å². The van der Waals surface area contributed by atoms with Gasteiger partial charge in [0.1, 0.15) is 12.1 Å². The minimum absolute atomic E-state index is 0.0239. The molecule has 0 atom stereocenters. The van der Waals surface area contributed by atoms with Gasteiger partial charge in [-0.3, -0.25) is 9.59 Å². The molecule has 0 unspecified atom stereocenters. The van der Waals surface area contributed by atoms with Crippen LogP contribution in [0.3, 0.4) is 0 Å². The maximum Gasteiger partial charge on any atom is 0.418 e. The molecule has 144 valence electrons. The fourth-order valence-electron chi connectivity index (χ4n) is 2.46. The Labute approximate surface area is 151 Å². The topological polar surface area (TPSA) is 98.1 Å². The number of rotatable bonds is 5. The van der Waals surface area contributed by atoms with Crippen LogP contribution in [0, 0.1) is 0 Å². The molecule has 0 saturated heterocycles. The first-order valence-electron chi connectivity index (χ1n) is 8.02. The van der Waals surface area contributed by atoms with Crippen LogP contribution in [0.2, 0.25) is 0 Å². The molecule has 2 amide bonds. The van der Waals surface area contributed by atoms with Crippen molar-refractivity contribution in [3.05, 3.63) is 35.9 Å². The minimum Gasteiger partial charge on any atom is -0.497 e. The SMILES string of the molecule is COc1ccc(NC(=O)C(=O)NCc2nncn2C2CC2)c(C(F)(F)F)c1. The molecule has 1 heterocycles. The Hall–Kier alpha value is -3.11. The molecule has 0 radical (unpaired) electrons. The summed E-state index contributed by atoms with van der Waals surface area (Å²) in [6.07, 6.45) is -1.23. The quantitative estimate of drug-likeness (QED) is 0.769. The van der Waals surface area contributed by atoms with Gasteiger partial charge in [0.15, 0.2) is 5.82 Å². The van der Waals surface area contributed by atoms with Crippen molar-refractivity contribution in [3.63, 3.8) is 0 Å². The van der Waals surface area contributed by atoms with Crippen molar-refractivity contribution in [2.45, 2.75) is 31.6 Å². The molecule has 0 bridgehead atoms. The van der Waals surface area contributed by atoms with E-state index in [0.29, 0.717) is 5.82 Å². The number of methoxy groups -OCH3 is 1. The van der Waals surface area contributed by atoms with Crippen molar-refractivity contribution in [3.8, 4) is 5.75 Å². The van der Waals surface area contributed by atoms with E-state index in [2.05, 4.69) is 15.5 Å². The highest BCUT2D eigenvalue weighted by Gasteiger charge is 2.35. The second-order valence-electron chi connectivity index (χ2n) is 5.93. The molecule has 1 saturated carbocycles. The van der Waals surface area contributed by atoms with Crippen LogP contribution >= 0.6 is 0 Å². The summed E-state index contributed by atoms with van der Waals surface area (Å²) in [6.45, 7) is -0.0580. The highest BCUT2D eigenvalue weighted by atomic mass is 19.4. The van der Waals surface area contributed by atoms with Gasteiger partial charge in [-0.2, -0.15) is 13.2 Å². The molecule has 1 aromatic carbocycles. The lowest BCUT2D eigenvalue weighted by Crippen LogP contribution is -2.36. The Kier molecular flexibility index (Phi) is 5.02. The van der Waals surface area contributed by atoms with Crippen molar-refractivity contribution in [1.29, 1.82) is 0 Å². The normalized spacial score (nSPS) is 13.9. The number of alkyl halides is 3. The first kappa shape index (κ1) is 18.7. The zero-order valence-electron chi connectivity index (χ0n) is 14.2. The van der Waals surface area contributed by atoms with Crippen molar-refractivity contribution >= 4 is 17.5 Å². The van der Waals surface area contributed by atoms with Crippen LogP contribution in [0.15, 0.2) is 24.5 Å². The summed E-state index contributed by atoms with van der Waals surface area (Å²) < 4.78 is 46.0. The third-order valence-corrected chi connectivity index (χ3v) is 3.98. The van der Waals surface area contributed by atoms with Crippen LogP contribution in [0.5, 0.6) is 5.75 Å². The molecule has 0 spiro atoms. The van der Waals surface area contributed by atoms with Crippen molar-refractivity contribution in [2.75, 3.05) is 12.4 Å². The Balaban J connectivity index is 1.66. The summed E-state index contributed by atoms with van der Waals surface area (Å²) in [7, 11) is 1.22. The third kappa shape index (κ3) is 4.36. The molecular weight excluding hydrogens is 367 g/mol. The molecule has 3 rings (SSSR count). The monoisotopic (exact) mass is 383 g/mol. The number of aromatic nitrogens is 3. The summed E-state index contributed by atoms with van der Waals surface area (Å²) in [5.74, 6) is -1.85. The van der Waals surface area contributed by atoms with Gasteiger partial charge in [-0.05, 0) is 31.0 Å². The molecule has 8 nitrogen and oxygen atoms in total. The summed E-state index contributed by atoms with van der Waals surface area (Å²) >= 11 is 0. The number of nitrogens with one attached hydrogen (secondary N) is 2. The standard InChI is InChI=1S/C16H16F3N5O3/c1-27-10-4-5-12(11(6-10)16(17,18)19)22-15(26)14(25)20-7-13-23-21-8-24(13)9-2-3-9/h4-6,8-9H,2-3,7H2,1H3,(H,20,25)(H,22,26). The Bertz CT molecular complexity index is 861. The smallest absolute Gasteiger partial charge is 0.418 e. The van der Waals surface area contributed by atoms with Gasteiger partial charge in [-0.1, -0.05) is 0 Å². The van der Waals surface area contributed by atoms with Crippen molar-refractivity contribution in [2.24, 2.45) is 0 Å². The lowest BCUT2D eigenvalue weighted by Gasteiger charge is -2.15. The van der Waals surface area contributed by atoms with Gasteiger partial charge in [-0.15, -0.1) is 10.2 Å². The number of ether oxygens (including phenoxy) is 1. The van der Waals surface area contributed by atoms with E-state index in [4.69, 9.17) is 4.74 Å². The highest BCUT2D eigenvalue weighted by Crippen LogP contribution is 2.37. The maximum absolute atomic E-state index is 13.2. The van der Waals surface area contributed by atoms with Gasteiger partial charge in [0.25, 0.3) is 0 Å². The molecule has 1 aromatic heterocycles. The lowest BCUT2D eigenvalue weighted by atomic mass is 10.1. The predicted octanol–water partition coefficient (Wildman–Crippen LogP) is 1.90. The molecule has 2 N–H and O–H groups in total. The number of carbonyl (C=O) groups is 2. The number of carbonyl (C=O) groups excluding carboxylic acids is 2. The zero-order chi connectivity index (χ0) is 19.6. The van der Waals surface area contributed by atoms with Crippen LogP contribution in [0.4, 0.5) is 18.9 Å². The van der Waals surface area contributed by atoms with E-state index in [1.807, 2.05) is 5.32 Å². The molecule has 1 aliphatic rings. The molecule has 11 heteroatoms. The second-order valence-corrected chi connectivity index (χ2v) is 5.93. The van der Waals surface area contributed by atoms with Gasteiger partial charge in [0.05, 0.1) is 24.9 Å². The zero-order valence-corrected chi connectivity index (χ0v) is 14.2. The Morgan fingerprint density at radius 3 is 2.67 bits per heavy atom. The fraction of sp³-hybridized carbons (Fsp3) is 0.375. The second kappa shape index (κ2) is 7.25. The lowest BCUT2D eigenvalue weighted by molar-refractivity contribution is -0.138. The predicted molar refractivity (Wildman–Crippen MR) is 86.8 cm³/mol. The van der Waals surface area contributed by atoms with Crippen molar-refractivity contribution < 1.29 is 27.5 Å². The van der Waals surface area contributed by atoms with Crippen LogP contribution in [0.25, 0.3) is 0 Å². The Morgan fingerprint density at radius 1 is 1.30 bits per heavy atom. The van der Waals surface area contributed by atoms with Gasteiger partial charge in [0, 0.05) is 6.04 Å². The molecule has 2 aromatic rings. The first-order valence-corrected chi connectivity index (χ1v) is 8.02. The fourth-order valence-corrected chi connectivity index (χ4v) is 2.46. The van der Waals surface area contributed by atoms with E-state index >= 15 is 0 Å². The molecule has 0 aliphatic heterocycles. The van der Waals surface area contributed by atoms with E-state index in [-0.39, 0.29) is 18.3 Å². The number of hydrogen-bond donors (Lipinski definition) is 2.